The van der Waals surface area contributed by atoms with E-state index < -0.39 is 24.8 Å². The number of nitrogen functional groups attached to an aromatic ring is 2. The second kappa shape index (κ2) is 9.01. The van der Waals surface area contributed by atoms with Crippen molar-refractivity contribution < 1.29 is 26.3 Å². The first-order valence-electron chi connectivity index (χ1n) is 8.24. The SMILES string of the molecule is COc1ccc(/C=C/S(=O)(=O)CS(=O)(=O)/C=C/c2ccc(OC)c(N)c2)cc1N. The summed E-state index contributed by atoms with van der Waals surface area (Å²) in [6.07, 6.45) is 2.54. The number of anilines is 2. The Balaban J connectivity index is 2.13. The van der Waals surface area contributed by atoms with E-state index in [1.165, 1.54) is 38.5 Å². The third-order valence-corrected chi connectivity index (χ3v) is 7.50. The van der Waals surface area contributed by atoms with Gasteiger partial charge in [-0.15, -0.1) is 0 Å². The molecule has 0 fully saturated rings. The van der Waals surface area contributed by atoms with E-state index in [-0.39, 0.29) is 0 Å². The Hall–Kier alpha value is -2.98. The molecule has 0 aliphatic rings. The molecule has 2 rings (SSSR count). The first kappa shape index (κ1) is 22.3. The zero-order valence-electron chi connectivity index (χ0n) is 15.9. The van der Waals surface area contributed by atoms with E-state index in [4.69, 9.17) is 20.9 Å². The molecule has 0 aliphatic heterocycles. The number of ether oxygens (including phenoxy) is 2. The molecule has 8 nitrogen and oxygen atoms in total. The maximum Gasteiger partial charge on any atom is 0.186 e. The summed E-state index contributed by atoms with van der Waals surface area (Å²) in [5.41, 5.74) is 13.2. The van der Waals surface area contributed by atoms with Gasteiger partial charge in [0.2, 0.25) is 0 Å². The van der Waals surface area contributed by atoms with E-state index in [1.54, 1.807) is 24.3 Å². The second-order valence-corrected chi connectivity index (χ2v) is 10.2. The highest BCUT2D eigenvalue weighted by Crippen LogP contribution is 2.24. The molecule has 0 aliphatic carbocycles. The quantitative estimate of drug-likeness (QED) is 0.599. The smallest absolute Gasteiger partial charge is 0.186 e. The molecule has 156 valence electrons. The molecule has 0 saturated heterocycles. The molecule has 10 heteroatoms. The maximum atomic E-state index is 12.2. The summed E-state index contributed by atoms with van der Waals surface area (Å²) in [7, 11) is -5.13. The van der Waals surface area contributed by atoms with Gasteiger partial charge in [-0.05, 0) is 47.5 Å². The van der Waals surface area contributed by atoms with Crippen molar-refractivity contribution in [2.24, 2.45) is 0 Å². The molecule has 2 aromatic carbocycles. The Morgan fingerprint density at radius 2 is 1.14 bits per heavy atom. The van der Waals surface area contributed by atoms with Crippen molar-refractivity contribution in [1.29, 1.82) is 0 Å². The Morgan fingerprint density at radius 1 is 0.759 bits per heavy atom. The summed E-state index contributed by atoms with van der Waals surface area (Å²) in [6.45, 7) is 0. The minimum atomic E-state index is -4.03. The van der Waals surface area contributed by atoms with E-state index in [9.17, 15) is 16.8 Å². The van der Waals surface area contributed by atoms with Gasteiger partial charge in [0.15, 0.2) is 24.8 Å². The number of hydrogen-bond donors (Lipinski definition) is 2. The van der Waals surface area contributed by atoms with Crippen LogP contribution in [0.4, 0.5) is 11.4 Å². The average molecular weight is 439 g/mol. The molecule has 0 unspecified atom stereocenters. The molecule has 0 heterocycles. The van der Waals surface area contributed by atoms with Crippen LogP contribution in [0.25, 0.3) is 12.2 Å². The molecular formula is C19H22N2O6S2. The standard InChI is InChI=1S/C19H22N2O6S2/c1-26-18-5-3-14(11-16(18)20)7-9-28(22,23)13-29(24,25)10-8-15-4-6-19(27-2)17(21)12-15/h3-12H,13,20-21H2,1-2H3/b9-7+,10-8+. The summed E-state index contributed by atoms with van der Waals surface area (Å²) in [5, 5.41) is 0.611. The molecule has 0 bridgehead atoms. The van der Waals surface area contributed by atoms with Gasteiger partial charge >= 0.3 is 0 Å². The van der Waals surface area contributed by atoms with Gasteiger partial charge in [0.25, 0.3) is 0 Å². The van der Waals surface area contributed by atoms with Gasteiger partial charge in [-0.3, -0.25) is 0 Å². The van der Waals surface area contributed by atoms with E-state index in [0.717, 1.165) is 10.8 Å². The lowest BCUT2D eigenvalue weighted by molar-refractivity contribution is 0.417. The van der Waals surface area contributed by atoms with Crippen LogP contribution in [0, 0.1) is 0 Å². The van der Waals surface area contributed by atoms with Crippen LogP contribution in [0.5, 0.6) is 11.5 Å². The Morgan fingerprint density at radius 3 is 1.45 bits per heavy atom. The van der Waals surface area contributed by atoms with Gasteiger partial charge in [0.1, 0.15) is 11.5 Å². The van der Waals surface area contributed by atoms with Gasteiger partial charge in [-0.25, -0.2) is 16.8 Å². The molecule has 4 N–H and O–H groups in total. The highest BCUT2D eigenvalue weighted by Gasteiger charge is 2.17. The predicted octanol–water partition coefficient (Wildman–Crippen LogP) is 2.30. The average Bonchev–Trinajstić information content (AvgIpc) is 2.64. The number of hydrogen-bond acceptors (Lipinski definition) is 8. The number of benzene rings is 2. The Labute approximate surface area is 170 Å². The fraction of sp³-hybridized carbons (Fsp3) is 0.158. The summed E-state index contributed by atoms with van der Waals surface area (Å²) < 4.78 is 58.8. The minimum absolute atomic E-state index is 0.335. The third-order valence-electron chi connectivity index (χ3n) is 3.77. The number of sulfone groups is 2. The van der Waals surface area contributed by atoms with Crippen molar-refractivity contribution in [2.45, 2.75) is 0 Å². The van der Waals surface area contributed by atoms with Crippen molar-refractivity contribution in [1.82, 2.24) is 0 Å². The van der Waals surface area contributed by atoms with E-state index >= 15 is 0 Å². The minimum Gasteiger partial charge on any atom is -0.495 e. The maximum absolute atomic E-state index is 12.2. The number of nitrogens with two attached hydrogens (primary N) is 2. The molecule has 0 saturated carbocycles. The first-order valence-corrected chi connectivity index (χ1v) is 11.7. The normalized spacial score (nSPS) is 12.5. The Kier molecular flexibility index (Phi) is 6.93. The summed E-state index contributed by atoms with van der Waals surface area (Å²) in [4.78, 5) is 0. The van der Waals surface area contributed by atoms with Gasteiger partial charge in [-0.2, -0.15) is 0 Å². The molecule has 0 amide bonds. The first-order chi connectivity index (χ1) is 13.5. The van der Waals surface area contributed by atoms with Crippen LogP contribution in [-0.4, -0.2) is 36.1 Å². The molecule has 0 spiro atoms. The van der Waals surface area contributed by atoms with Crippen LogP contribution in [0.1, 0.15) is 11.1 Å². The van der Waals surface area contributed by atoms with Crippen LogP contribution in [-0.2, 0) is 19.7 Å². The Bertz CT molecular complexity index is 1060. The topological polar surface area (TPSA) is 139 Å². The molecule has 0 aromatic heterocycles. The van der Waals surface area contributed by atoms with Gasteiger partial charge in [0.05, 0.1) is 25.6 Å². The summed E-state index contributed by atoms with van der Waals surface area (Å²) in [6, 6.07) is 9.41. The van der Waals surface area contributed by atoms with Crippen molar-refractivity contribution in [3.8, 4) is 11.5 Å². The second-order valence-electron chi connectivity index (χ2n) is 6.05. The fourth-order valence-electron chi connectivity index (χ4n) is 2.38. The van der Waals surface area contributed by atoms with Gasteiger partial charge in [0, 0.05) is 10.8 Å². The van der Waals surface area contributed by atoms with Crippen LogP contribution >= 0.6 is 0 Å². The van der Waals surface area contributed by atoms with E-state index in [0.29, 0.717) is 34.0 Å². The molecule has 2 aromatic rings. The van der Waals surface area contributed by atoms with Crippen molar-refractivity contribution >= 4 is 43.2 Å². The number of methoxy groups -OCH3 is 2. The molecule has 0 radical (unpaired) electrons. The highest BCUT2D eigenvalue weighted by molar-refractivity contribution is 8.10. The molecule has 0 atom stereocenters. The molecular weight excluding hydrogens is 416 g/mol. The zero-order valence-corrected chi connectivity index (χ0v) is 17.5. The monoisotopic (exact) mass is 438 g/mol. The van der Waals surface area contributed by atoms with Crippen LogP contribution in [0.3, 0.4) is 0 Å². The van der Waals surface area contributed by atoms with Gasteiger partial charge < -0.3 is 20.9 Å². The van der Waals surface area contributed by atoms with Crippen molar-refractivity contribution in [3.63, 3.8) is 0 Å². The lowest BCUT2D eigenvalue weighted by Gasteiger charge is -2.05. The van der Waals surface area contributed by atoms with Gasteiger partial charge in [-0.1, -0.05) is 12.1 Å². The van der Waals surface area contributed by atoms with Crippen LogP contribution in [0.2, 0.25) is 0 Å². The molecule has 29 heavy (non-hydrogen) atoms. The third kappa shape index (κ3) is 6.54. The van der Waals surface area contributed by atoms with Crippen LogP contribution in [0.15, 0.2) is 47.2 Å². The zero-order chi connectivity index (χ0) is 21.7. The predicted molar refractivity (Wildman–Crippen MR) is 116 cm³/mol. The lowest BCUT2D eigenvalue weighted by atomic mass is 10.2. The number of rotatable bonds is 8. The largest absolute Gasteiger partial charge is 0.495 e. The van der Waals surface area contributed by atoms with Crippen molar-refractivity contribution in [2.75, 3.05) is 30.8 Å². The summed E-state index contributed by atoms with van der Waals surface area (Å²) >= 11 is 0. The lowest BCUT2D eigenvalue weighted by Crippen LogP contribution is -2.11. The van der Waals surface area contributed by atoms with Crippen molar-refractivity contribution in [3.05, 3.63) is 58.3 Å². The fourth-order valence-corrected chi connectivity index (χ4v) is 5.57. The highest BCUT2D eigenvalue weighted by atomic mass is 32.3. The van der Waals surface area contributed by atoms with Crippen LogP contribution < -0.4 is 20.9 Å². The van der Waals surface area contributed by atoms with E-state index in [1.807, 2.05) is 0 Å². The van der Waals surface area contributed by atoms with E-state index in [2.05, 4.69) is 0 Å². The summed E-state index contributed by atoms with van der Waals surface area (Å²) in [5.74, 6) is 0.911.